The maximum absolute atomic E-state index is 6.46. The van der Waals surface area contributed by atoms with Crippen LogP contribution in [0.15, 0.2) is 4.99 Å². The minimum absolute atomic E-state index is 0.357. The van der Waals surface area contributed by atoms with E-state index < -0.39 is 0 Å². The molecule has 0 radical (unpaired) electrons. The van der Waals surface area contributed by atoms with Gasteiger partial charge in [-0.05, 0) is 101 Å². The van der Waals surface area contributed by atoms with Gasteiger partial charge in [-0.3, -0.25) is 5.32 Å². The number of nitrogens with one attached hydrogen (secondary N) is 1. The van der Waals surface area contributed by atoms with Crippen molar-refractivity contribution in [2.24, 2.45) is 28.7 Å². The van der Waals surface area contributed by atoms with Gasteiger partial charge in [-0.25, -0.2) is 4.99 Å². The van der Waals surface area contributed by atoms with E-state index in [0.717, 1.165) is 23.7 Å². The molecule has 168 valence electrons. The molecule has 5 fully saturated rings. The van der Waals surface area contributed by atoms with E-state index in [9.17, 15) is 0 Å². The Morgan fingerprint density at radius 2 is 1.27 bits per heavy atom. The Bertz CT molecular complexity index is 607. The van der Waals surface area contributed by atoms with Crippen LogP contribution in [0.1, 0.15) is 103 Å². The average Bonchev–Trinajstić information content (AvgIpc) is 3.44. The molecule has 6 aliphatic rings. The zero-order valence-electron chi connectivity index (χ0n) is 18.8. The number of rotatable bonds is 3. The highest BCUT2D eigenvalue weighted by molar-refractivity contribution is 5.80. The summed E-state index contributed by atoms with van der Waals surface area (Å²) in [5.74, 6) is 4.45. The fourth-order valence-corrected chi connectivity index (χ4v) is 7.81. The molecule has 1 N–H and O–H groups in total. The van der Waals surface area contributed by atoms with Gasteiger partial charge in [0.25, 0.3) is 0 Å². The first-order valence-corrected chi connectivity index (χ1v) is 13.5. The molecule has 2 heterocycles. The lowest BCUT2D eigenvalue weighted by atomic mass is 9.69. The largest absolute Gasteiger partial charge is 0.475 e. The van der Waals surface area contributed by atoms with Gasteiger partial charge in [0.05, 0.1) is 12.1 Å². The maximum Gasteiger partial charge on any atom is 0.187 e. The molecule has 4 nitrogen and oxygen atoms in total. The molecule has 0 aromatic rings. The molecule has 0 aromatic heterocycles. The third kappa shape index (κ3) is 3.96. The highest BCUT2D eigenvalue weighted by atomic mass is 16.5. The smallest absolute Gasteiger partial charge is 0.187 e. The first-order valence-electron chi connectivity index (χ1n) is 13.5. The van der Waals surface area contributed by atoms with E-state index in [-0.39, 0.29) is 0 Å². The van der Waals surface area contributed by atoms with Crippen LogP contribution in [0.25, 0.3) is 0 Å². The summed E-state index contributed by atoms with van der Waals surface area (Å²) >= 11 is 0. The van der Waals surface area contributed by atoms with Gasteiger partial charge in [0.2, 0.25) is 0 Å². The van der Waals surface area contributed by atoms with Crippen LogP contribution in [0, 0.1) is 23.7 Å². The molecule has 0 amide bonds. The highest BCUT2D eigenvalue weighted by Gasteiger charge is 2.42. The van der Waals surface area contributed by atoms with Gasteiger partial charge in [-0.15, -0.1) is 0 Å². The second-order valence-corrected chi connectivity index (χ2v) is 11.4. The predicted octanol–water partition coefficient (Wildman–Crippen LogP) is 5.60. The number of nitrogens with zero attached hydrogens (tertiary/aromatic N) is 1. The monoisotopic (exact) mass is 414 g/mol. The van der Waals surface area contributed by atoms with Crippen LogP contribution in [-0.4, -0.2) is 36.4 Å². The van der Waals surface area contributed by atoms with Crippen molar-refractivity contribution in [1.29, 1.82) is 0 Å². The standard InChI is InChI=1S/C26H42N2O2/c1-3-7-23-21(5-1)27-25(29-23)19-13-9-17(10-14-19)18-11-15-20(16-12-18)26-28-22-6-2-4-8-24(22)30-26/h17-25,27H,1-16H2. The molecule has 6 rings (SSSR count). The predicted molar refractivity (Wildman–Crippen MR) is 120 cm³/mol. The Labute approximate surface area is 183 Å². The molecular weight excluding hydrogens is 372 g/mol. The van der Waals surface area contributed by atoms with Gasteiger partial charge in [-0.2, -0.15) is 0 Å². The number of aliphatic imine (C=N–C) groups is 1. The zero-order valence-corrected chi connectivity index (χ0v) is 18.8. The van der Waals surface area contributed by atoms with E-state index in [1.165, 1.54) is 103 Å². The van der Waals surface area contributed by atoms with Crippen LogP contribution in [0.4, 0.5) is 0 Å². The first-order chi connectivity index (χ1) is 14.8. The Morgan fingerprint density at radius 3 is 2.00 bits per heavy atom. The lowest BCUT2D eigenvalue weighted by Crippen LogP contribution is -2.39. The van der Waals surface area contributed by atoms with Crippen LogP contribution < -0.4 is 5.32 Å². The van der Waals surface area contributed by atoms with Crippen molar-refractivity contribution < 1.29 is 9.47 Å². The quantitative estimate of drug-likeness (QED) is 0.654. The second-order valence-electron chi connectivity index (χ2n) is 11.4. The van der Waals surface area contributed by atoms with E-state index in [1.54, 1.807) is 0 Å². The van der Waals surface area contributed by atoms with Gasteiger partial charge in [0, 0.05) is 12.0 Å². The lowest BCUT2D eigenvalue weighted by molar-refractivity contribution is -0.0222. The van der Waals surface area contributed by atoms with Gasteiger partial charge in [0.15, 0.2) is 5.90 Å². The van der Waals surface area contributed by atoms with E-state index in [0.29, 0.717) is 36.4 Å². The van der Waals surface area contributed by atoms with Crippen molar-refractivity contribution in [3.8, 4) is 0 Å². The van der Waals surface area contributed by atoms with Crippen LogP contribution in [0.3, 0.4) is 0 Å². The Kier molecular flexibility index (Phi) is 5.83. The van der Waals surface area contributed by atoms with Crippen molar-refractivity contribution in [1.82, 2.24) is 5.32 Å². The molecule has 2 aliphatic heterocycles. The molecule has 0 aromatic carbocycles. The van der Waals surface area contributed by atoms with Crippen molar-refractivity contribution >= 4 is 5.90 Å². The molecule has 0 bridgehead atoms. The summed E-state index contributed by atoms with van der Waals surface area (Å²) in [5, 5.41) is 3.87. The van der Waals surface area contributed by atoms with Crippen LogP contribution in [0.2, 0.25) is 0 Å². The molecule has 5 atom stereocenters. The Balaban J connectivity index is 0.962. The van der Waals surface area contributed by atoms with Gasteiger partial charge in [0.1, 0.15) is 12.3 Å². The Hall–Kier alpha value is -0.610. The van der Waals surface area contributed by atoms with E-state index >= 15 is 0 Å². The van der Waals surface area contributed by atoms with Crippen molar-refractivity contribution in [3.05, 3.63) is 0 Å². The van der Waals surface area contributed by atoms with Crippen molar-refractivity contribution in [2.75, 3.05) is 0 Å². The molecular formula is C26H42N2O2. The van der Waals surface area contributed by atoms with E-state index in [1.807, 2.05) is 0 Å². The summed E-state index contributed by atoms with van der Waals surface area (Å²) < 4.78 is 12.8. The summed E-state index contributed by atoms with van der Waals surface area (Å²) in [6, 6.07) is 1.15. The maximum atomic E-state index is 6.46. The number of fused-ring (bicyclic) bond motifs is 2. The number of hydrogen-bond donors (Lipinski definition) is 1. The highest BCUT2D eigenvalue weighted by Crippen LogP contribution is 2.44. The van der Waals surface area contributed by atoms with Gasteiger partial charge in [-0.1, -0.05) is 19.3 Å². The fourth-order valence-electron chi connectivity index (χ4n) is 7.81. The van der Waals surface area contributed by atoms with Crippen LogP contribution in [-0.2, 0) is 9.47 Å². The van der Waals surface area contributed by atoms with Crippen molar-refractivity contribution in [2.45, 2.75) is 133 Å². The Morgan fingerprint density at radius 1 is 0.633 bits per heavy atom. The summed E-state index contributed by atoms with van der Waals surface area (Å²) in [4.78, 5) is 5.03. The van der Waals surface area contributed by atoms with Crippen LogP contribution >= 0.6 is 0 Å². The average molecular weight is 415 g/mol. The van der Waals surface area contributed by atoms with E-state index in [2.05, 4.69) is 5.32 Å². The van der Waals surface area contributed by atoms with E-state index in [4.69, 9.17) is 14.5 Å². The molecule has 4 saturated carbocycles. The second kappa shape index (κ2) is 8.73. The summed E-state index contributed by atoms with van der Waals surface area (Å²) in [6.45, 7) is 0. The summed E-state index contributed by atoms with van der Waals surface area (Å²) in [5.41, 5.74) is 0. The molecule has 5 unspecified atom stereocenters. The molecule has 30 heavy (non-hydrogen) atoms. The summed E-state index contributed by atoms with van der Waals surface area (Å²) in [6.07, 6.45) is 22.9. The minimum atomic E-state index is 0.357. The third-order valence-corrected chi connectivity index (χ3v) is 9.67. The fraction of sp³-hybridized carbons (Fsp3) is 0.962. The summed E-state index contributed by atoms with van der Waals surface area (Å²) in [7, 11) is 0. The third-order valence-electron chi connectivity index (χ3n) is 9.67. The number of ether oxygens (including phenoxy) is 2. The molecule has 4 aliphatic carbocycles. The SMILES string of the molecule is C1CCC2OC(C3CCC(C4CCC(C5NC6CCCCC6O5)CC4)CC3)=NC2C1. The molecule has 4 heteroatoms. The van der Waals surface area contributed by atoms with Gasteiger partial charge < -0.3 is 9.47 Å². The normalized spacial score (nSPS) is 49.1. The molecule has 1 saturated heterocycles. The topological polar surface area (TPSA) is 42.8 Å². The molecule has 0 spiro atoms. The number of hydrogen-bond acceptors (Lipinski definition) is 4. The lowest BCUT2D eigenvalue weighted by Gasteiger charge is -2.39. The minimum Gasteiger partial charge on any atom is -0.475 e. The van der Waals surface area contributed by atoms with Gasteiger partial charge >= 0.3 is 0 Å². The van der Waals surface area contributed by atoms with Crippen LogP contribution in [0.5, 0.6) is 0 Å². The first kappa shape index (κ1) is 20.0. The zero-order chi connectivity index (χ0) is 19.9. The van der Waals surface area contributed by atoms with Crippen molar-refractivity contribution in [3.63, 3.8) is 0 Å².